The molecular weight excluding hydrogens is 240 g/mol. The van der Waals surface area contributed by atoms with E-state index in [1.165, 1.54) is 0 Å². The maximum Gasteiger partial charge on any atom is 0.228 e. The SMILES string of the molecule is CCOc1ccnc(N(C)Cc2ccc(N)cc2)n1. The average Bonchev–Trinajstić information content (AvgIpc) is 2.42. The fourth-order valence-electron chi connectivity index (χ4n) is 1.71. The molecule has 5 nitrogen and oxygen atoms in total. The van der Waals surface area contributed by atoms with Gasteiger partial charge < -0.3 is 15.4 Å². The molecule has 0 atom stereocenters. The number of nitrogen functional groups attached to an aromatic ring is 1. The molecule has 2 aromatic rings. The van der Waals surface area contributed by atoms with Gasteiger partial charge in [0.25, 0.3) is 0 Å². The molecular formula is C14H18N4O. The lowest BCUT2D eigenvalue weighted by Crippen LogP contribution is -2.19. The van der Waals surface area contributed by atoms with Crippen molar-refractivity contribution >= 4 is 11.6 Å². The summed E-state index contributed by atoms with van der Waals surface area (Å²) < 4.78 is 5.37. The van der Waals surface area contributed by atoms with Crippen LogP contribution in [-0.2, 0) is 6.54 Å². The number of ether oxygens (including phenoxy) is 1. The second-order valence-electron chi connectivity index (χ2n) is 4.23. The molecule has 0 bridgehead atoms. The summed E-state index contributed by atoms with van der Waals surface area (Å²) in [6.45, 7) is 3.24. The highest BCUT2D eigenvalue weighted by Crippen LogP contribution is 2.14. The van der Waals surface area contributed by atoms with Crippen molar-refractivity contribution in [3.8, 4) is 5.88 Å². The predicted octanol–water partition coefficient (Wildman–Crippen LogP) is 2.09. The van der Waals surface area contributed by atoms with Gasteiger partial charge in [-0.3, -0.25) is 0 Å². The number of benzene rings is 1. The second-order valence-corrected chi connectivity index (χ2v) is 4.23. The van der Waals surface area contributed by atoms with E-state index in [2.05, 4.69) is 9.97 Å². The summed E-state index contributed by atoms with van der Waals surface area (Å²) in [4.78, 5) is 10.6. The number of aromatic nitrogens is 2. The third-order valence-electron chi connectivity index (χ3n) is 2.65. The molecule has 2 N–H and O–H groups in total. The monoisotopic (exact) mass is 258 g/mol. The molecule has 5 heteroatoms. The maximum absolute atomic E-state index is 5.67. The van der Waals surface area contributed by atoms with Gasteiger partial charge >= 0.3 is 0 Å². The van der Waals surface area contributed by atoms with Crippen molar-refractivity contribution in [2.24, 2.45) is 0 Å². The molecule has 100 valence electrons. The Labute approximate surface area is 113 Å². The molecule has 0 fully saturated rings. The van der Waals surface area contributed by atoms with E-state index in [4.69, 9.17) is 10.5 Å². The molecule has 2 rings (SSSR count). The number of hydrogen-bond acceptors (Lipinski definition) is 5. The molecule has 1 aromatic carbocycles. The molecule has 0 aliphatic carbocycles. The van der Waals surface area contributed by atoms with Gasteiger partial charge in [0, 0.05) is 31.5 Å². The van der Waals surface area contributed by atoms with E-state index in [1.54, 1.807) is 12.3 Å². The van der Waals surface area contributed by atoms with Crippen molar-refractivity contribution in [3.63, 3.8) is 0 Å². The van der Waals surface area contributed by atoms with Crippen LogP contribution in [0.3, 0.4) is 0 Å². The van der Waals surface area contributed by atoms with Crippen LogP contribution in [0.4, 0.5) is 11.6 Å². The smallest absolute Gasteiger partial charge is 0.228 e. The van der Waals surface area contributed by atoms with E-state index in [0.717, 1.165) is 17.8 Å². The zero-order valence-corrected chi connectivity index (χ0v) is 11.2. The van der Waals surface area contributed by atoms with Crippen molar-refractivity contribution in [1.82, 2.24) is 9.97 Å². The third kappa shape index (κ3) is 3.58. The molecule has 0 aliphatic heterocycles. The van der Waals surface area contributed by atoms with Gasteiger partial charge in [-0.2, -0.15) is 4.98 Å². The first-order valence-electron chi connectivity index (χ1n) is 6.20. The largest absolute Gasteiger partial charge is 0.478 e. The van der Waals surface area contributed by atoms with Gasteiger partial charge in [-0.25, -0.2) is 4.98 Å². The summed E-state index contributed by atoms with van der Waals surface area (Å²) in [5.41, 5.74) is 7.59. The highest BCUT2D eigenvalue weighted by Gasteiger charge is 2.06. The van der Waals surface area contributed by atoms with Gasteiger partial charge in [0.15, 0.2) is 0 Å². The Balaban J connectivity index is 2.08. The van der Waals surface area contributed by atoms with Crippen LogP contribution in [0.2, 0.25) is 0 Å². The summed E-state index contributed by atoms with van der Waals surface area (Å²) in [6.07, 6.45) is 1.70. The lowest BCUT2D eigenvalue weighted by Gasteiger charge is -2.17. The Kier molecular flexibility index (Phi) is 4.18. The molecule has 0 saturated carbocycles. The number of anilines is 2. The number of hydrogen-bond donors (Lipinski definition) is 1. The van der Waals surface area contributed by atoms with Gasteiger partial charge in [-0.05, 0) is 24.6 Å². The second kappa shape index (κ2) is 6.04. The molecule has 0 spiro atoms. The summed E-state index contributed by atoms with van der Waals surface area (Å²) in [7, 11) is 1.95. The Bertz CT molecular complexity index is 527. The van der Waals surface area contributed by atoms with E-state index in [-0.39, 0.29) is 0 Å². The standard InChI is InChI=1S/C14H18N4O/c1-3-19-13-8-9-16-14(17-13)18(2)10-11-4-6-12(15)7-5-11/h4-9H,3,10,15H2,1-2H3. The molecule has 0 saturated heterocycles. The predicted molar refractivity (Wildman–Crippen MR) is 76.2 cm³/mol. The van der Waals surface area contributed by atoms with Crippen LogP contribution in [0, 0.1) is 0 Å². The molecule has 0 aliphatic rings. The quantitative estimate of drug-likeness (QED) is 0.832. The number of nitrogens with zero attached hydrogens (tertiary/aromatic N) is 3. The van der Waals surface area contributed by atoms with Crippen molar-refractivity contribution in [2.75, 3.05) is 24.3 Å². The minimum atomic E-state index is 0.594. The minimum Gasteiger partial charge on any atom is -0.478 e. The zero-order valence-electron chi connectivity index (χ0n) is 11.2. The highest BCUT2D eigenvalue weighted by atomic mass is 16.5. The van der Waals surface area contributed by atoms with Crippen LogP contribution in [0.25, 0.3) is 0 Å². The van der Waals surface area contributed by atoms with Gasteiger partial charge in [-0.15, -0.1) is 0 Å². The highest BCUT2D eigenvalue weighted by molar-refractivity contribution is 5.41. The summed E-state index contributed by atoms with van der Waals surface area (Å²) in [5.74, 6) is 1.24. The first-order chi connectivity index (χ1) is 9.19. The number of rotatable bonds is 5. The van der Waals surface area contributed by atoms with Crippen LogP contribution >= 0.6 is 0 Å². The van der Waals surface area contributed by atoms with E-state index >= 15 is 0 Å². The van der Waals surface area contributed by atoms with Crippen LogP contribution in [0.15, 0.2) is 36.5 Å². The maximum atomic E-state index is 5.67. The van der Waals surface area contributed by atoms with Crippen LogP contribution in [0.1, 0.15) is 12.5 Å². The van der Waals surface area contributed by atoms with Gasteiger partial charge in [0.1, 0.15) is 0 Å². The Morgan fingerprint density at radius 1 is 1.21 bits per heavy atom. The zero-order chi connectivity index (χ0) is 13.7. The van der Waals surface area contributed by atoms with Crippen LogP contribution in [-0.4, -0.2) is 23.6 Å². The molecule has 1 heterocycles. The summed E-state index contributed by atoms with van der Waals surface area (Å²) in [5, 5.41) is 0. The molecule has 1 aromatic heterocycles. The average molecular weight is 258 g/mol. The van der Waals surface area contributed by atoms with Gasteiger partial charge in [0.05, 0.1) is 6.61 Å². The van der Waals surface area contributed by atoms with Crippen LogP contribution in [0.5, 0.6) is 5.88 Å². The van der Waals surface area contributed by atoms with Crippen molar-refractivity contribution in [2.45, 2.75) is 13.5 Å². The van der Waals surface area contributed by atoms with Gasteiger partial charge in [0.2, 0.25) is 11.8 Å². The fraction of sp³-hybridized carbons (Fsp3) is 0.286. The Morgan fingerprint density at radius 2 is 1.95 bits per heavy atom. The first kappa shape index (κ1) is 13.1. The fourth-order valence-corrected chi connectivity index (χ4v) is 1.71. The lowest BCUT2D eigenvalue weighted by atomic mass is 10.2. The lowest BCUT2D eigenvalue weighted by molar-refractivity contribution is 0.326. The molecule has 0 unspecified atom stereocenters. The van der Waals surface area contributed by atoms with E-state index in [0.29, 0.717) is 18.4 Å². The van der Waals surface area contributed by atoms with Crippen molar-refractivity contribution < 1.29 is 4.74 Å². The van der Waals surface area contributed by atoms with Gasteiger partial charge in [-0.1, -0.05) is 12.1 Å². The number of nitrogens with two attached hydrogens (primary N) is 1. The minimum absolute atomic E-state index is 0.594. The molecule has 19 heavy (non-hydrogen) atoms. The third-order valence-corrected chi connectivity index (χ3v) is 2.65. The van der Waals surface area contributed by atoms with E-state index < -0.39 is 0 Å². The van der Waals surface area contributed by atoms with E-state index in [9.17, 15) is 0 Å². The molecule has 0 amide bonds. The van der Waals surface area contributed by atoms with Crippen molar-refractivity contribution in [3.05, 3.63) is 42.1 Å². The summed E-state index contributed by atoms with van der Waals surface area (Å²) in [6, 6.07) is 9.53. The topological polar surface area (TPSA) is 64.3 Å². The van der Waals surface area contributed by atoms with Crippen molar-refractivity contribution in [1.29, 1.82) is 0 Å². The first-order valence-corrected chi connectivity index (χ1v) is 6.20. The molecule has 0 radical (unpaired) electrons. The van der Waals surface area contributed by atoms with Crippen LogP contribution < -0.4 is 15.4 Å². The Morgan fingerprint density at radius 3 is 2.63 bits per heavy atom. The van der Waals surface area contributed by atoms with E-state index in [1.807, 2.05) is 43.1 Å². The summed E-state index contributed by atoms with van der Waals surface area (Å²) >= 11 is 0. The Hall–Kier alpha value is -2.30. The normalized spacial score (nSPS) is 10.2.